The number of hydrogen-bond donors (Lipinski definition) is 3. The van der Waals surface area contributed by atoms with Crippen molar-refractivity contribution in [1.82, 2.24) is 10.3 Å². The van der Waals surface area contributed by atoms with Gasteiger partial charge in [-0.3, -0.25) is 9.59 Å². The molecule has 4 N–H and O–H groups in total. The lowest BCUT2D eigenvalue weighted by Gasteiger charge is -2.12. The molecule has 0 bridgehead atoms. The topological polar surface area (TPSA) is 114 Å². The number of urea groups is 1. The number of fused-ring (bicyclic) bond motifs is 1. The predicted octanol–water partition coefficient (Wildman–Crippen LogP) is 1.73. The first-order valence-corrected chi connectivity index (χ1v) is 7.32. The second-order valence-electron chi connectivity index (χ2n) is 5.14. The van der Waals surface area contributed by atoms with E-state index < -0.39 is 18.1 Å². The number of hydrogen-bond acceptors (Lipinski definition) is 4. The van der Waals surface area contributed by atoms with Gasteiger partial charge in [-0.05, 0) is 19.4 Å². The number of nitrogens with one attached hydrogen (secondary N) is 2. The summed E-state index contributed by atoms with van der Waals surface area (Å²) in [4.78, 5) is 37.6. The minimum atomic E-state index is -0.870. The number of para-hydroxylation sites is 1. The average Bonchev–Trinajstić information content (AvgIpc) is 2.94. The zero-order valence-corrected chi connectivity index (χ0v) is 12.8. The number of aromatic amines is 1. The maximum Gasteiger partial charge on any atom is 0.312 e. The second kappa shape index (κ2) is 7.44. The molecule has 0 aliphatic carbocycles. The Kier molecular flexibility index (Phi) is 5.35. The number of benzene rings is 1. The number of Topliss-reactive ketones (excluding diaryl/α,β-unsaturated/α-hetero) is 1. The Morgan fingerprint density at radius 1 is 1.30 bits per heavy atom. The van der Waals surface area contributed by atoms with Gasteiger partial charge in [0.15, 0.2) is 6.10 Å². The third kappa shape index (κ3) is 4.32. The lowest BCUT2D eigenvalue weighted by Crippen LogP contribution is -2.30. The molecule has 0 saturated heterocycles. The summed E-state index contributed by atoms with van der Waals surface area (Å²) < 4.78 is 5.15. The number of carbonyl (C=O) groups excluding carboxylic acids is 3. The van der Waals surface area contributed by atoms with Crippen LogP contribution >= 0.6 is 0 Å². The third-order valence-corrected chi connectivity index (χ3v) is 3.39. The summed E-state index contributed by atoms with van der Waals surface area (Å²) in [6.07, 6.45) is 1.25. The van der Waals surface area contributed by atoms with Gasteiger partial charge in [0.2, 0.25) is 5.78 Å². The van der Waals surface area contributed by atoms with E-state index in [1.807, 2.05) is 24.3 Å². The van der Waals surface area contributed by atoms with Crippen molar-refractivity contribution in [2.24, 2.45) is 5.73 Å². The van der Waals surface area contributed by atoms with Gasteiger partial charge in [0, 0.05) is 35.6 Å². The maximum absolute atomic E-state index is 12.4. The molecule has 0 unspecified atom stereocenters. The Bertz CT molecular complexity index is 723. The number of carbonyl (C=O) groups is 3. The Morgan fingerprint density at radius 3 is 2.78 bits per heavy atom. The minimum Gasteiger partial charge on any atom is -0.454 e. The van der Waals surface area contributed by atoms with E-state index in [1.165, 1.54) is 0 Å². The number of rotatable bonds is 7. The van der Waals surface area contributed by atoms with Crippen molar-refractivity contribution in [3.05, 3.63) is 36.0 Å². The van der Waals surface area contributed by atoms with Gasteiger partial charge in [0.25, 0.3) is 0 Å². The van der Waals surface area contributed by atoms with E-state index in [2.05, 4.69) is 10.3 Å². The van der Waals surface area contributed by atoms with Crippen LogP contribution in [0.4, 0.5) is 4.79 Å². The number of amides is 2. The zero-order chi connectivity index (χ0) is 16.8. The summed E-state index contributed by atoms with van der Waals surface area (Å²) in [5.74, 6) is -0.747. The first kappa shape index (κ1) is 16.5. The van der Waals surface area contributed by atoms with Gasteiger partial charge < -0.3 is 20.8 Å². The van der Waals surface area contributed by atoms with Gasteiger partial charge >= 0.3 is 12.0 Å². The summed E-state index contributed by atoms with van der Waals surface area (Å²) >= 11 is 0. The molecule has 0 fully saturated rings. The van der Waals surface area contributed by atoms with E-state index in [0.717, 1.165) is 10.9 Å². The number of ketones is 1. The fourth-order valence-corrected chi connectivity index (χ4v) is 2.25. The van der Waals surface area contributed by atoms with Crippen LogP contribution in [0.15, 0.2) is 30.5 Å². The molecule has 7 nitrogen and oxygen atoms in total. The number of aromatic nitrogens is 1. The molecule has 0 radical (unpaired) electrons. The number of H-pyrrole nitrogens is 1. The summed E-state index contributed by atoms with van der Waals surface area (Å²) in [6.45, 7) is 1.83. The van der Waals surface area contributed by atoms with E-state index >= 15 is 0 Å². The fourth-order valence-electron chi connectivity index (χ4n) is 2.25. The molecule has 0 saturated carbocycles. The van der Waals surface area contributed by atoms with Crippen LogP contribution in [0.3, 0.4) is 0 Å². The van der Waals surface area contributed by atoms with Gasteiger partial charge in [-0.2, -0.15) is 0 Å². The highest BCUT2D eigenvalue weighted by Gasteiger charge is 2.21. The Balaban J connectivity index is 1.90. The molecule has 1 atom stereocenters. The average molecular weight is 317 g/mol. The minimum absolute atomic E-state index is 0.103. The van der Waals surface area contributed by atoms with Crippen molar-refractivity contribution in [3.63, 3.8) is 0 Å². The zero-order valence-electron chi connectivity index (χ0n) is 12.8. The standard InChI is InChI=1S/C16H19N3O4/c1-10(23-14(20)7-4-8-18-16(17)22)15(21)12-9-19-13-6-3-2-5-11(12)13/h2-3,5-6,9-10,19H,4,7-8H2,1H3,(H3,17,18,22)/t10-/m0/s1. The summed E-state index contributed by atoms with van der Waals surface area (Å²) in [5, 5.41) is 3.18. The molecule has 2 amide bonds. The van der Waals surface area contributed by atoms with Crippen LogP contribution in [0.25, 0.3) is 10.9 Å². The van der Waals surface area contributed by atoms with Crippen molar-refractivity contribution in [2.45, 2.75) is 25.9 Å². The largest absolute Gasteiger partial charge is 0.454 e. The third-order valence-electron chi connectivity index (χ3n) is 3.39. The van der Waals surface area contributed by atoms with Crippen LogP contribution < -0.4 is 11.1 Å². The Hall–Kier alpha value is -2.83. The molecule has 0 spiro atoms. The van der Waals surface area contributed by atoms with E-state index in [4.69, 9.17) is 10.5 Å². The molecule has 1 heterocycles. The van der Waals surface area contributed by atoms with Gasteiger partial charge in [-0.1, -0.05) is 18.2 Å². The molecule has 2 aromatic rings. The highest BCUT2D eigenvalue weighted by Crippen LogP contribution is 2.20. The molecule has 1 aromatic heterocycles. The Morgan fingerprint density at radius 2 is 2.04 bits per heavy atom. The number of primary amides is 1. The van der Waals surface area contributed by atoms with Crippen LogP contribution in [0, 0.1) is 0 Å². The summed E-state index contributed by atoms with van der Waals surface area (Å²) in [7, 11) is 0. The summed E-state index contributed by atoms with van der Waals surface area (Å²) in [5.41, 5.74) is 6.27. The first-order valence-electron chi connectivity index (χ1n) is 7.32. The number of nitrogens with two attached hydrogens (primary N) is 1. The SMILES string of the molecule is C[C@H](OC(=O)CCCNC(N)=O)C(=O)c1c[nH]c2ccccc12. The van der Waals surface area contributed by atoms with Crippen LogP contribution in [0.2, 0.25) is 0 Å². The highest BCUT2D eigenvalue weighted by molar-refractivity contribution is 6.10. The molecular formula is C16H19N3O4. The van der Waals surface area contributed by atoms with E-state index in [0.29, 0.717) is 12.0 Å². The lowest BCUT2D eigenvalue weighted by atomic mass is 10.1. The molecule has 2 rings (SSSR count). The first-order chi connectivity index (χ1) is 11.0. The van der Waals surface area contributed by atoms with Crippen molar-refractivity contribution < 1.29 is 19.1 Å². The van der Waals surface area contributed by atoms with E-state index in [1.54, 1.807) is 13.1 Å². The molecule has 1 aromatic carbocycles. The van der Waals surface area contributed by atoms with Crippen molar-refractivity contribution >= 4 is 28.7 Å². The quantitative estimate of drug-likeness (QED) is 0.410. The van der Waals surface area contributed by atoms with E-state index in [9.17, 15) is 14.4 Å². The van der Waals surface area contributed by atoms with Crippen LogP contribution in [0.1, 0.15) is 30.1 Å². The van der Waals surface area contributed by atoms with Gasteiger partial charge in [-0.15, -0.1) is 0 Å². The smallest absolute Gasteiger partial charge is 0.312 e. The van der Waals surface area contributed by atoms with Crippen LogP contribution in [-0.2, 0) is 9.53 Å². The normalized spacial score (nSPS) is 11.9. The van der Waals surface area contributed by atoms with Crippen LogP contribution in [-0.4, -0.2) is 35.4 Å². The van der Waals surface area contributed by atoms with Crippen molar-refractivity contribution in [3.8, 4) is 0 Å². The van der Waals surface area contributed by atoms with Gasteiger partial charge in [-0.25, -0.2) is 4.79 Å². The van der Waals surface area contributed by atoms with E-state index in [-0.39, 0.29) is 18.7 Å². The number of esters is 1. The molecule has 23 heavy (non-hydrogen) atoms. The Labute approximate surface area is 133 Å². The second-order valence-corrected chi connectivity index (χ2v) is 5.14. The molecule has 7 heteroatoms. The van der Waals surface area contributed by atoms with Crippen molar-refractivity contribution in [1.29, 1.82) is 0 Å². The highest BCUT2D eigenvalue weighted by atomic mass is 16.5. The number of ether oxygens (including phenoxy) is 1. The fraction of sp³-hybridized carbons (Fsp3) is 0.312. The predicted molar refractivity (Wildman–Crippen MR) is 85.0 cm³/mol. The lowest BCUT2D eigenvalue weighted by molar-refractivity contribution is -0.146. The molecular weight excluding hydrogens is 298 g/mol. The van der Waals surface area contributed by atoms with Gasteiger partial charge in [0.05, 0.1) is 0 Å². The molecule has 122 valence electrons. The van der Waals surface area contributed by atoms with Crippen LogP contribution in [0.5, 0.6) is 0 Å². The maximum atomic E-state index is 12.4. The monoisotopic (exact) mass is 317 g/mol. The molecule has 0 aliphatic heterocycles. The van der Waals surface area contributed by atoms with Crippen molar-refractivity contribution in [2.75, 3.05) is 6.54 Å². The van der Waals surface area contributed by atoms with Gasteiger partial charge in [0.1, 0.15) is 0 Å². The summed E-state index contributed by atoms with van der Waals surface area (Å²) in [6, 6.07) is 6.78. The molecule has 0 aliphatic rings.